The molecule has 0 rings (SSSR count). The third kappa shape index (κ3) is 8.82. The molecule has 0 bridgehead atoms. The third-order valence-corrected chi connectivity index (χ3v) is 0.341. The second-order valence-corrected chi connectivity index (χ2v) is 1.08. The summed E-state index contributed by atoms with van der Waals surface area (Å²) in [6.45, 7) is 2.01. The Balaban J connectivity index is 0. The van der Waals surface area contributed by atoms with Crippen molar-refractivity contribution in [1.29, 1.82) is 0 Å². The molecule has 0 aromatic carbocycles. The fourth-order valence-corrected chi connectivity index (χ4v) is 0. The number of hydrogen-bond acceptors (Lipinski definition) is 2. The zero-order chi connectivity index (χ0) is 4.28. The number of halogens is 1. The van der Waals surface area contributed by atoms with Gasteiger partial charge in [0.05, 0.1) is 6.10 Å². The van der Waals surface area contributed by atoms with Crippen LogP contribution >= 0.6 is 24.0 Å². The summed E-state index contributed by atoms with van der Waals surface area (Å²) in [7, 11) is 0. The van der Waals surface area contributed by atoms with E-state index in [1.165, 1.54) is 0 Å². The summed E-state index contributed by atoms with van der Waals surface area (Å²) >= 11 is 0. The Hall–Kier alpha value is 0.650. The fraction of sp³-hybridized carbons (Fsp3) is 1.00. The number of hydrogen-bond donors (Lipinski definition) is 2. The van der Waals surface area contributed by atoms with E-state index >= 15 is 0 Å². The van der Waals surface area contributed by atoms with Gasteiger partial charge in [0.2, 0.25) is 0 Å². The quantitative estimate of drug-likeness (QED) is 0.586. The molecule has 0 aliphatic carbocycles. The second kappa shape index (κ2) is 5.65. The van der Waals surface area contributed by atoms with Crippen molar-refractivity contribution < 1.29 is 5.11 Å². The fourth-order valence-electron chi connectivity index (χ4n) is 0. The molecule has 0 aliphatic heterocycles. The summed E-state index contributed by atoms with van der Waals surface area (Å²) < 4.78 is 0. The minimum Gasteiger partial charge on any atom is -0.392 e. The molecule has 6 heavy (non-hydrogen) atoms. The molecule has 3 N–H and O–H groups in total. The summed E-state index contributed by atoms with van der Waals surface area (Å²) in [6, 6.07) is 0. The molecule has 0 saturated heterocycles. The molecule has 0 saturated carbocycles. The van der Waals surface area contributed by atoms with E-state index < -0.39 is 0 Å². The van der Waals surface area contributed by atoms with Crippen LogP contribution in [0.4, 0.5) is 0 Å². The van der Waals surface area contributed by atoms with Crippen LogP contribution in [0.3, 0.4) is 0 Å². The SMILES string of the molecule is CC(O)CN.I. The summed E-state index contributed by atoms with van der Waals surface area (Å²) in [5.74, 6) is 0. The van der Waals surface area contributed by atoms with Crippen LogP contribution < -0.4 is 5.73 Å². The smallest absolute Gasteiger partial charge is 0.0634 e. The molecule has 1 atom stereocenters. The van der Waals surface area contributed by atoms with Crippen LogP contribution in [0.2, 0.25) is 0 Å². The maximum absolute atomic E-state index is 8.24. The molecular formula is C3H10INO. The van der Waals surface area contributed by atoms with E-state index in [2.05, 4.69) is 0 Å². The predicted molar refractivity (Wildman–Crippen MR) is 36.2 cm³/mol. The lowest BCUT2D eigenvalue weighted by molar-refractivity contribution is 0.203. The molecule has 0 fully saturated rings. The van der Waals surface area contributed by atoms with Crippen LogP contribution in [0.5, 0.6) is 0 Å². The lowest BCUT2D eigenvalue weighted by Crippen LogP contribution is -2.14. The van der Waals surface area contributed by atoms with Crippen molar-refractivity contribution in [3.8, 4) is 0 Å². The Morgan fingerprint density at radius 2 is 2.00 bits per heavy atom. The van der Waals surface area contributed by atoms with E-state index in [9.17, 15) is 0 Å². The van der Waals surface area contributed by atoms with Crippen molar-refractivity contribution in [3.63, 3.8) is 0 Å². The number of aliphatic hydroxyl groups is 1. The first-order valence-electron chi connectivity index (χ1n) is 1.65. The zero-order valence-corrected chi connectivity index (χ0v) is 6.05. The van der Waals surface area contributed by atoms with Gasteiger partial charge in [-0.1, -0.05) is 0 Å². The highest BCUT2D eigenvalue weighted by molar-refractivity contribution is 14.0. The number of rotatable bonds is 1. The Bertz CT molecular complexity index is 24.8. The molecule has 1 unspecified atom stereocenters. The highest BCUT2D eigenvalue weighted by Crippen LogP contribution is 1.65. The predicted octanol–water partition coefficient (Wildman–Crippen LogP) is -0.0561. The number of aliphatic hydroxyl groups excluding tert-OH is 1. The van der Waals surface area contributed by atoms with Crippen molar-refractivity contribution in [2.75, 3.05) is 6.54 Å². The molecule has 40 valence electrons. The van der Waals surface area contributed by atoms with Crippen LogP contribution in [0, 0.1) is 0 Å². The van der Waals surface area contributed by atoms with Gasteiger partial charge < -0.3 is 10.8 Å². The Kier molecular flexibility index (Phi) is 9.25. The first-order chi connectivity index (χ1) is 2.27. The van der Waals surface area contributed by atoms with Crippen LogP contribution in [-0.4, -0.2) is 17.8 Å². The van der Waals surface area contributed by atoms with E-state index in [-0.39, 0.29) is 30.1 Å². The zero-order valence-electron chi connectivity index (χ0n) is 3.72. The molecule has 3 heteroatoms. The third-order valence-electron chi connectivity index (χ3n) is 0.341. The van der Waals surface area contributed by atoms with E-state index in [0.29, 0.717) is 6.54 Å². The highest BCUT2D eigenvalue weighted by atomic mass is 127. The van der Waals surface area contributed by atoms with E-state index in [1.807, 2.05) is 0 Å². The maximum atomic E-state index is 8.24. The summed E-state index contributed by atoms with van der Waals surface area (Å²) in [4.78, 5) is 0. The van der Waals surface area contributed by atoms with E-state index in [4.69, 9.17) is 10.8 Å². The van der Waals surface area contributed by atoms with Crippen LogP contribution in [0.25, 0.3) is 0 Å². The Labute approximate surface area is 54.7 Å². The standard InChI is InChI=1S/C3H9NO.HI/c1-3(5)2-4;/h3,5H,2,4H2,1H3;1H. The van der Waals surface area contributed by atoms with Crippen molar-refractivity contribution in [2.24, 2.45) is 5.73 Å². The van der Waals surface area contributed by atoms with Crippen LogP contribution in [0.1, 0.15) is 6.92 Å². The van der Waals surface area contributed by atoms with Crippen LogP contribution in [-0.2, 0) is 0 Å². The van der Waals surface area contributed by atoms with Gasteiger partial charge in [-0.3, -0.25) is 0 Å². The monoisotopic (exact) mass is 203 g/mol. The summed E-state index contributed by atoms with van der Waals surface area (Å²) in [6.07, 6.45) is -0.338. The van der Waals surface area contributed by atoms with Crippen molar-refractivity contribution >= 4 is 24.0 Å². The average Bonchev–Trinajstić information content (AvgIpc) is 1.38. The largest absolute Gasteiger partial charge is 0.392 e. The van der Waals surface area contributed by atoms with E-state index in [1.54, 1.807) is 6.92 Å². The average molecular weight is 203 g/mol. The number of nitrogens with two attached hydrogens (primary N) is 1. The Morgan fingerprint density at radius 3 is 2.00 bits per heavy atom. The molecule has 0 spiro atoms. The molecule has 2 nitrogen and oxygen atoms in total. The van der Waals surface area contributed by atoms with Crippen molar-refractivity contribution in [1.82, 2.24) is 0 Å². The normalized spacial score (nSPS) is 12.5. The molecule has 0 aliphatic rings. The minimum absolute atomic E-state index is 0. The lowest BCUT2D eigenvalue weighted by Gasteiger charge is -1.91. The highest BCUT2D eigenvalue weighted by Gasteiger charge is 1.81. The van der Waals surface area contributed by atoms with Gasteiger partial charge in [0.25, 0.3) is 0 Å². The van der Waals surface area contributed by atoms with E-state index in [0.717, 1.165) is 0 Å². The molecular weight excluding hydrogens is 193 g/mol. The topological polar surface area (TPSA) is 46.2 Å². The van der Waals surface area contributed by atoms with Crippen LogP contribution in [0.15, 0.2) is 0 Å². The maximum Gasteiger partial charge on any atom is 0.0634 e. The van der Waals surface area contributed by atoms with Gasteiger partial charge in [0.15, 0.2) is 0 Å². The molecule has 0 aromatic heterocycles. The van der Waals surface area contributed by atoms with Gasteiger partial charge in [0, 0.05) is 6.54 Å². The van der Waals surface area contributed by atoms with Gasteiger partial charge in [0.1, 0.15) is 0 Å². The van der Waals surface area contributed by atoms with Crippen molar-refractivity contribution in [2.45, 2.75) is 13.0 Å². The second-order valence-electron chi connectivity index (χ2n) is 1.08. The summed E-state index contributed by atoms with van der Waals surface area (Å²) in [5, 5.41) is 8.24. The van der Waals surface area contributed by atoms with Crippen molar-refractivity contribution in [3.05, 3.63) is 0 Å². The first kappa shape index (κ1) is 9.82. The van der Waals surface area contributed by atoms with Gasteiger partial charge in [-0.25, -0.2) is 0 Å². The molecule has 0 radical (unpaired) electrons. The Morgan fingerprint density at radius 1 is 1.83 bits per heavy atom. The molecule has 0 heterocycles. The lowest BCUT2D eigenvalue weighted by atomic mass is 10.4. The minimum atomic E-state index is -0.338. The first-order valence-corrected chi connectivity index (χ1v) is 1.65. The van der Waals surface area contributed by atoms with Gasteiger partial charge in [-0.2, -0.15) is 0 Å². The van der Waals surface area contributed by atoms with Gasteiger partial charge in [-0.05, 0) is 6.92 Å². The van der Waals surface area contributed by atoms with Gasteiger partial charge in [-0.15, -0.1) is 24.0 Å². The molecule has 0 amide bonds. The summed E-state index contributed by atoms with van der Waals surface area (Å²) in [5.41, 5.74) is 4.92. The van der Waals surface area contributed by atoms with Gasteiger partial charge >= 0.3 is 0 Å². The molecule has 0 aromatic rings.